The van der Waals surface area contributed by atoms with Crippen LogP contribution in [0.3, 0.4) is 0 Å². The summed E-state index contributed by atoms with van der Waals surface area (Å²) in [5.74, 6) is -1.59. The first-order valence-corrected chi connectivity index (χ1v) is 7.90. The van der Waals surface area contributed by atoms with Gasteiger partial charge in [0, 0.05) is 24.5 Å². The molecule has 0 radical (unpaired) electrons. The van der Waals surface area contributed by atoms with E-state index in [0.717, 1.165) is 6.20 Å². The SMILES string of the molecule is CCOc1ccc(NC(=O)[C@H]2CCCN2/C=C/C(=O)C(F)(F)F)cc1. The number of likely N-dealkylation sites (tertiary alicyclic amines) is 1. The minimum absolute atomic E-state index is 0.328. The minimum atomic E-state index is -4.91. The summed E-state index contributed by atoms with van der Waals surface area (Å²) in [5, 5.41) is 2.72. The van der Waals surface area contributed by atoms with Crippen LogP contribution in [0, 0.1) is 0 Å². The van der Waals surface area contributed by atoms with E-state index >= 15 is 0 Å². The molecule has 0 aromatic heterocycles. The number of hydrogen-bond acceptors (Lipinski definition) is 4. The molecule has 136 valence electrons. The van der Waals surface area contributed by atoms with Crippen LogP contribution in [0.2, 0.25) is 0 Å². The number of allylic oxidation sites excluding steroid dienone is 1. The summed E-state index contributed by atoms with van der Waals surface area (Å²) in [4.78, 5) is 24.7. The zero-order valence-corrected chi connectivity index (χ0v) is 13.7. The van der Waals surface area contributed by atoms with Crippen LogP contribution in [0.1, 0.15) is 19.8 Å². The van der Waals surface area contributed by atoms with Gasteiger partial charge in [-0.3, -0.25) is 9.59 Å². The molecule has 1 atom stereocenters. The Bertz CT molecular complexity index is 642. The number of carbonyl (C=O) groups is 2. The molecule has 5 nitrogen and oxygen atoms in total. The maximum atomic E-state index is 12.4. The highest BCUT2D eigenvalue weighted by atomic mass is 19.4. The summed E-state index contributed by atoms with van der Waals surface area (Å²) in [5.41, 5.74) is 0.565. The molecule has 0 bridgehead atoms. The Morgan fingerprint density at radius 1 is 1.32 bits per heavy atom. The number of alkyl halides is 3. The molecule has 1 saturated heterocycles. The molecular weight excluding hydrogens is 337 g/mol. The third-order valence-electron chi connectivity index (χ3n) is 3.73. The van der Waals surface area contributed by atoms with Crippen molar-refractivity contribution < 1.29 is 27.5 Å². The third kappa shape index (κ3) is 5.23. The highest BCUT2D eigenvalue weighted by Crippen LogP contribution is 2.22. The maximum absolute atomic E-state index is 12.4. The smallest absolute Gasteiger partial charge is 0.454 e. The highest BCUT2D eigenvalue weighted by molar-refractivity contribution is 5.96. The fourth-order valence-electron chi connectivity index (χ4n) is 2.53. The predicted octanol–water partition coefficient (Wildman–Crippen LogP) is 3.13. The minimum Gasteiger partial charge on any atom is -0.494 e. The van der Waals surface area contributed by atoms with Gasteiger partial charge in [0.2, 0.25) is 5.91 Å². The van der Waals surface area contributed by atoms with Crippen molar-refractivity contribution in [1.29, 1.82) is 0 Å². The Labute approximate surface area is 143 Å². The number of anilines is 1. The number of hydrogen-bond donors (Lipinski definition) is 1. The summed E-state index contributed by atoms with van der Waals surface area (Å²) in [6, 6.07) is 6.20. The van der Waals surface area contributed by atoms with E-state index in [-0.39, 0.29) is 5.91 Å². The van der Waals surface area contributed by atoms with Crippen molar-refractivity contribution >= 4 is 17.4 Å². The standard InChI is InChI=1S/C17H19F3N2O3/c1-2-25-13-7-5-12(6-8-13)21-16(24)14-4-3-10-22(14)11-9-15(23)17(18,19)20/h5-9,11,14H,2-4,10H2,1H3,(H,21,24)/b11-9+/t14-/m1/s1. The molecule has 2 rings (SSSR count). The molecule has 0 saturated carbocycles. The lowest BCUT2D eigenvalue weighted by Gasteiger charge is -2.22. The van der Waals surface area contributed by atoms with E-state index in [2.05, 4.69) is 5.32 Å². The van der Waals surface area contributed by atoms with Gasteiger partial charge < -0.3 is 15.0 Å². The molecule has 1 aromatic carbocycles. The maximum Gasteiger partial charge on any atom is 0.454 e. The van der Waals surface area contributed by atoms with Crippen LogP contribution in [-0.4, -0.2) is 42.0 Å². The Morgan fingerprint density at radius 2 is 2.00 bits per heavy atom. The van der Waals surface area contributed by atoms with Crippen LogP contribution in [0.5, 0.6) is 5.75 Å². The van der Waals surface area contributed by atoms with Crippen LogP contribution in [0.15, 0.2) is 36.5 Å². The lowest BCUT2D eigenvalue weighted by Crippen LogP contribution is -2.36. The van der Waals surface area contributed by atoms with Crippen molar-refractivity contribution in [2.45, 2.75) is 32.0 Å². The van der Waals surface area contributed by atoms with Crippen molar-refractivity contribution in [3.8, 4) is 5.75 Å². The van der Waals surface area contributed by atoms with Gasteiger partial charge in [-0.1, -0.05) is 0 Å². The van der Waals surface area contributed by atoms with Gasteiger partial charge in [0.1, 0.15) is 11.8 Å². The molecule has 1 aliphatic rings. The lowest BCUT2D eigenvalue weighted by molar-refractivity contribution is -0.165. The molecule has 25 heavy (non-hydrogen) atoms. The van der Waals surface area contributed by atoms with Crippen LogP contribution >= 0.6 is 0 Å². The first-order valence-electron chi connectivity index (χ1n) is 7.90. The van der Waals surface area contributed by atoms with E-state index < -0.39 is 18.0 Å². The number of nitrogens with one attached hydrogen (secondary N) is 1. The molecule has 0 spiro atoms. The highest BCUT2D eigenvalue weighted by Gasteiger charge is 2.37. The summed E-state index contributed by atoms with van der Waals surface area (Å²) < 4.78 is 42.0. The fraction of sp³-hybridized carbons (Fsp3) is 0.412. The normalized spacial score (nSPS) is 17.8. The van der Waals surface area contributed by atoms with Crippen LogP contribution in [0.4, 0.5) is 18.9 Å². The zero-order chi connectivity index (χ0) is 18.4. The molecular formula is C17H19F3N2O3. The van der Waals surface area contributed by atoms with Crippen molar-refractivity contribution in [2.75, 3.05) is 18.5 Å². The number of ketones is 1. The van der Waals surface area contributed by atoms with Crippen molar-refractivity contribution in [2.24, 2.45) is 0 Å². The van der Waals surface area contributed by atoms with Gasteiger partial charge >= 0.3 is 6.18 Å². The van der Waals surface area contributed by atoms with E-state index in [4.69, 9.17) is 4.74 Å². The van der Waals surface area contributed by atoms with Crippen molar-refractivity contribution in [3.63, 3.8) is 0 Å². The molecule has 1 N–H and O–H groups in total. The Hall–Kier alpha value is -2.51. The number of benzene rings is 1. The number of carbonyl (C=O) groups excluding carboxylic acids is 2. The topological polar surface area (TPSA) is 58.6 Å². The second-order valence-corrected chi connectivity index (χ2v) is 5.52. The first-order chi connectivity index (χ1) is 11.8. The first kappa shape index (κ1) is 18.8. The summed E-state index contributed by atoms with van der Waals surface area (Å²) in [6.45, 7) is 2.82. The van der Waals surface area contributed by atoms with Gasteiger partial charge in [-0.25, -0.2) is 0 Å². The van der Waals surface area contributed by atoms with Crippen molar-refractivity contribution in [1.82, 2.24) is 4.90 Å². The second-order valence-electron chi connectivity index (χ2n) is 5.52. The monoisotopic (exact) mass is 356 g/mol. The van der Waals surface area contributed by atoms with E-state index in [1.807, 2.05) is 6.92 Å². The van der Waals surface area contributed by atoms with E-state index in [1.54, 1.807) is 24.3 Å². The van der Waals surface area contributed by atoms with Gasteiger partial charge in [0.15, 0.2) is 0 Å². The Balaban J connectivity index is 1.98. The number of amides is 1. The van der Waals surface area contributed by atoms with E-state index in [0.29, 0.717) is 43.5 Å². The average Bonchev–Trinajstić information content (AvgIpc) is 3.02. The fourth-order valence-corrected chi connectivity index (χ4v) is 2.53. The molecule has 1 heterocycles. The van der Waals surface area contributed by atoms with Gasteiger partial charge in [-0.15, -0.1) is 0 Å². The van der Waals surface area contributed by atoms with Crippen molar-refractivity contribution in [3.05, 3.63) is 36.5 Å². The largest absolute Gasteiger partial charge is 0.494 e. The molecule has 1 fully saturated rings. The van der Waals surface area contributed by atoms with Crippen LogP contribution in [-0.2, 0) is 9.59 Å². The zero-order valence-electron chi connectivity index (χ0n) is 13.7. The molecule has 1 amide bonds. The predicted molar refractivity (Wildman–Crippen MR) is 86.2 cm³/mol. The van der Waals surface area contributed by atoms with Gasteiger partial charge in [-0.05, 0) is 44.0 Å². The number of rotatable bonds is 6. The third-order valence-corrected chi connectivity index (χ3v) is 3.73. The molecule has 0 aliphatic carbocycles. The molecule has 8 heteroatoms. The summed E-state index contributed by atoms with van der Waals surface area (Å²) in [7, 11) is 0. The lowest BCUT2D eigenvalue weighted by atomic mass is 10.2. The molecule has 0 unspecified atom stereocenters. The van der Waals surface area contributed by atoms with Gasteiger partial charge in [-0.2, -0.15) is 13.2 Å². The van der Waals surface area contributed by atoms with Gasteiger partial charge in [0.25, 0.3) is 5.78 Å². The van der Waals surface area contributed by atoms with Gasteiger partial charge in [0.05, 0.1) is 6.61 Å². The Kier molecular flexibility index (Phi) is 6.06. The molecule has 1 aromatic rings. The number of halogens is 3. The Morgan fingerprint density at radius 3 is 2.60 bits per heavy atom. The quantitative estimate of drug-likeness (QED) is 0.796. The van der Waals surface area contributed by atoms with E-state index in [9.17, 15) is 22.8 Å². The summed E-state index contributed by atoms with van der Waals surface area (Å²) >= 11 is 0. The summed E-state index contributed by atoms with van der Waals surface area (Å²) in [6.07, 6.45) is -2.23. The number of nitrogens with zero attached hydrogens (tertiary/aromatic N) is 1. The molecule has 1 aliphatic heterocycles. The number of ether oxygens (including phenoxy) is 1. The second kappa shape index (κ2) is 8.04. The van der Waals surface area contributed by atoms with E-state index in [1.165, 1.54) is 4.90 Å². The van der Waals surface area contributed by atoms with Crippen LogP contribution < -0.4 is 10.1 Å². The average molecular weight is 356 g/mol. The van der Waals surface area contributed by atoms with Crippen LogP contribution in [0.25, 0.3) is 0 Å².